The van der Waals surface area contributed by atoms with Gasteiger partial charge in [0.2, 0.25) is 0 Å². The summed E-state index contributed by atoms with van der Waals surface area (Å²) in [5, 5.41) is 0.438. The molecule has 0 atom stereocenters. The van der Waals surface area contributed by atoms with E-state index in [0.717, 1.165) is 31.6 Å². The number of Topliss-reactive ketones (excluding diaryl/α,β-unsaturated/α-hetero) is 1. The molecule has 172 valence electrons. The zero-order chi connectivity index (χ0) is 23.3. The molecular weight excluding hydrogens is 426 g/mol. The van der Waals surface area contributed by atoms with Crippen molar-refractivity contribution in [3.05, 3.63) is 52.3 Å². The lowest BCUT2D eigenvalue weighted by molar-refractivity contribution is 0.0126. The van der Waals surface area contributed by atoms with Crippen LogP contribution in [0, 0.1) is 5.41 Å². The van der Waals surface area contributed by atoms with E-state index in [2.05, 4.69) is 22.6 Å². The first-order valence-corrected chi connectivity index (χ1v) is 11.5. The zero-order valence-corrected chi connectivity index (χ0v) is 20.3. The smallest absolute Gasteiger partial charge is 0.253 e. The van der Waals surface area contributed by atoms with E-state index in [-0.39, 0.29) is 17.2 Å². The van der Waals surface area contributed by atoms with Gasteiger partial charge in [-0.2, -0.15) is 0 Å². The highest BCUT2D eigenvalue weighted by Gasteiger charge is 2.45. The van der Waals surface area contributed by atoms with Crippen LogP contribution in [0.25, 0.3) is 0 Å². The largest absolute Gasteiger partial charge is 0.495 e. The molecule has 1 saturated heterocycles. The van der Waals surface area contributed by atoms with E-state index in [9.17, 15) is 9.59 Å². The average Bonchev–Trinajstić information content (AvgIpc) is 3.20. The highest BCUT2D eigenvalue weighted by atomic mass is 35.5. The SMILES string of the molecule is COc1ccc(C(=O)N2CCC3(CC2)c2ccc(C(=O)C(C)(C)C)n2CCN3C)cc1Cl. The maximum absolute atomic E-state index is 13.1. The fourth-order valence-electron chi connectivity index (χ4n) is 5.06. The van der Waals surface area contributed by atoms with Crippen LogP contribution in [-0.2, 0) is 12.1 Å². The summed E-state index contributed by atoms with van der Waals surface area (Å²) in [6.07, 6.45) is 1.65. The molecule has 0 saturated carbocycles. The molecule has 1 aromatic carbocycles. The van der Waals surface area contributed by atoms with Crippen LogP contribution in [0.5, 0.6) is 5.75 Å². The number of ether oxygens (including phenoxy) is 1. The molecule has 0 radical (unpaired) electrons. The van der Waals surface area contributed by atoms with E-state index in [1.54, 1.807) is 25.3 Å². The van der Waals surface area contributed by atoms with Crippen LogP contribution in [-0.4, -0.2) is 59.8 Å². The van der Waals surface area contributed by atoms with E-state index in [1.165, 1.54) is 5.69 Å². The highest BCUT2D eigenvalue weighted by Crippen LogP contribution is 2.42. The number of methoxy groups -OCH3 is 1. The first-order chi connectivity index (χ1) is 15.1. The van der Waals surface area contributed by atoms with Gasteiger partial charge in [0, 0.05) is 42.9 Å². The monoisotopic (exact) mass is 457 g/mol. The molecule has 1 amide bonds. The molecule has 0 aliphatic carbocycles. The number of rotatable bonds is 3. The predicted molar refractivity (Wildman–Crippen MR) is 126 cm³/mol. The average molecular weight is 458 g/mol. The number of likely N-dealkylation sites (N-methyl/N-ethyl adjacent to an activating group) is 1. The van der Waals surface area contributed by atoms with Crippen molar-refractivity contribution in [3.8, 4) is 5.75 Å². The van der Waals surface area contributed by atoms with Crippen molar-refractivity contribution < 1.29 is 14.3 Å². The van der Waals surface area contributed by atoms with Gasteiger partial charge in [-0.3, -0.25) is 14.5 Å². The number of nitrogens with zero attached hydrogens (tertiary/aromatic N) is 3. The number of carbonyl (C=O) groups is 2. The lowest BCUT2D eigenvalue weighted by Crippen LogP contribution is -2.56. The van der Waals surface area contributed by atoms with Gasteiger partial charge >= 0.3 is 0 Å². The Balaban J connectivity index is 1.57. The molecule has 6 nitrogen and oxygen atoms in total. The number of likely N-dealkylation sites (tertiary alicyclic amines) is 1. The number of carbonyl (C=O) groups excluding carboxylic acids is 2. The second kappa shape index (κ2) is 8.23. The molecule has 7 heteroatoms. The van der Waals surface area contributed by atoms with E-state index in [1.807, 2.05) is 31.7 Å². The summed E-state index contributed by atoms with van der Waals surface area (Å²) in [6.45, 7) is 8.90. The minimum atomic E-state index is -0.416. The fraction of sp³-hybridized carbons (Fsp3) is 0.520. The van der Waals surface area contributed by atoms with Gasteiger partial charge in [-0.1, -0.05) is 32.4 Å². The normalized spacial score (nSPS) is 18.5. The van der Waals surface area contributed by atoms with E-state index < -0.39 is 5.41 Å². The van der Waals surface area contributed by atoms with Crippen LogP contribution in [0.1, 0.15) is 60.2 Å². The Labute approximate surface area is 195 Å². The van der Waals surface area contributed by atoms with Crippen molar-refractivity contribution in [2.24, 2.45) is 5.41 Å². The zero-order valence-electron chi connectivity index (χ0n) is 19.6. The number of aromatic nitrogens is 1. The topological polar surface area (TPSA) is 54.8 Å². The summed E-state index contributed by atoms with van der Waals surface area (Å²) in [6, 6.07) is 9.28. The summed E-state index contributed by atoms with van der Waals surface area (Å²) in [5.74, 6) is 0.723. The van der Waals surface area contributed by atoms with Crippen molar-refractivity contribution in [1.29, 1.82) is 0 Å². The number of hydrogen-bond donors (Lipinski definition) is 0. The van der Waals surface area contributed by atoms with E-state index >= 15 is 0 Å². The number of hydrogen-bond acceptors (Lipinski definition) is 4. The Kier molecular flexibility index (Phi) is 5.88. The Bertz CT molecular complexity index is 1050. The molecule has 0 bridgehead atoms. The molecule has 2 aromatic rings. The molecule has 32 heavy (non-hydrogen) atoms. The third-order valence-corrected chi connectivity index (χ3v) is 7.33. The van der Waals surface area contributed by atoms with Gasteiger partial charge in [0.1, 0.15) is 5.75 Å². The summed E-state index contributed by atoms with van der Waals surface area (Å²) in [7, 11) is 3.71. The number of benzene rings is 1. The van der Waals surface area contributed by atoms with Crippen LogP contribution in [0.4, 0.5) is 0 Å². The Morgan fingerprint density at radius 3 is 2.31 bits per heavy atom. The van der Waals surface area contributed by atoms with E-state index in [4.69, 9.17) is 16.3 Å². The van der Waals surface area contributed by atoms with Gasteiger partial charge in [0.25, 0.3) is 5.91 Å². The standard InChI is InChI=1S/C25H32ClN3O3/c1-24(2,3)22(30)19-7-9-21-25(27(4)14-15-29(19)21)10-12-28(13-11-25)23(31)17-6-8-20(32-5)18(26)16-17/h6-9,16H,10-15H2,1-5H3. The van der Waals surface area contributed by atoms with Crippen molar-refractivity contribution in [3.63, 3.8) is 0 Å². The van der Waals surface area contributed by atoms with E-state index in [0.29, 0.717) is 29.4 Å². The molecule has 1 fully saturated rings. The van der Waals surface area contributed by atoms with Gasteiger partial charge < -0.3 is 14.2 Å². The van der Waals surface area contributed by atoms with Crippen LogP contribution in [0.2, 0.25) is 5.02 Å². The van der Waals surface area contributed by atoms with Crippen molar-refractivity contribution in [2.45, 2.75) is 45.7 Å². The van der Waals surface area contributed by atoms with Gasteiger partial charge in [-0.05, 0) is 50.2 Å². The molecule has 2 aliphatic rings. The van der Waals surface area contributed by atoms with Crippen molar-refractivity contribution in [1.82, 2.24) is 14.4 Å². The van der Waals surface area contributed by atoms with Crippen molar-refractivity contribution in [2.75, 3.05) is 33.8 Å². The van der Waals surface area contributed by atoms with Crippen LogP contribution >= 0.6 is 11.6 Å². The quantitative estimate of drug-likeness (QED) is 0.639. The van der Waals surface area contributed by atoms with Gasteiger partial charge in [-0.25, -0.2) is 0 Å². The fourth-order valence-corrected chi connectivity index (χ4v) is 5.31. The minimum absolute atomic E-state index is 0.0122. The van der Waals surface area contributed by atoms with Crippen LogP contribution < -0.4 is 4.74 Å². The Morgan fingerprint density at radius 2 is 1.72 bits per heavy atom. The Morgan fingerprint density at radius 1 is 1.03 bits per heavy atom. The van der Waals surface area contributed by atoms with Gasteiger partial charge in [0.05, 0.1) is 23.4 Å². The summed E-state index contributed by atoms with van der Waals surface area (Å²) >= 11 is 6.23. The first-order valence-electron chi connectivity index (χ1n) is 11.2. The summed E-state index contributed by atoms with van der Waals surface area (Å²) in [5.41, 5.74) is 1.99. The number of ketones is 1. The van der Waals surface area contributed by atoms with Crippen molar-refractivity contribution >= 4 is 23.3 Å². The molecule has 1 spiro atoms. The third-order valence-electron chi connectivity index (χ3n) is 7.04. The van der Waals surface area contributed by atoms with Gasteiger partial charge in [-0.15, -0.1) is 0 Å². The summed E-state index contributed by atoms with van der Waals surface area (Å²) in [4.78, 5) is 30.4. The summed E-state index contributed by atoms with van der Waals surface area (Å²) < 4.78 is 7.41. The lowest BCUT2D eigenvalue weighted by Gasteiger charge is -2.50. The third kappa shape index (κ3) is 3.73. The Hall–Kier alpha value is -2.31. The molecule has 4 rings (SSSR count). The second-order valence-electron chi connectivity index (χ2n) is 9.93. The van der Waals surface area contributed by atoms with Crippen LogP contribution in [0.3, 0.4) is 0 Å². The number of piperidine rings is 1. The maximum Gasteiger partial charge on any atom is 0.253 e. The molecular formula is C25H32ClN3O3. The van der Waals surface area contributed by atoms with Crippen LogP contribution in [0.15, 0.2) is 30.3 Å². The maximum atomic E-state index is 13.1. The molecule has 0 N–H and O–H groups in total. The predicted octanol–water partition coefficient (Wildman–Crippen LogP) is 4.46. The molecule has 3 heterocycles. The molecule has 2 aliphatic heterocycles. The number of fused-ring (bicyclic) bond motifs is 2. The number of halogens is 1. The molecule has 0 unspecified atom stereocenters. The first kappa shape index (κ1) is 22.9. The lowest BCUT2D eigenvalue weighted by atomic mass is 9.81. The number of amides is 1. The van der Waals surface area contributed by atoms with Gasteiger partial charge in [0.15, 0.2) is 5.78 Å². The minimum Gasteiger partial charge on any atom is -0.495 e. The highest BCUT2D eigenvalue weighted by molar-refractivity contribution is 6.32. The molecule has 1 aromatic heterocycles. The second-order valence-corrected chi connectivity index (χ2v) is 10.3.